The van der Waals surface area contributed by atoms with Crippen molar-refractivity contribution >= 4 is 27.7 Å². The molecule has 0 saturated heterocycles. The summed E-state index contributed by atoms with van der Waals surface area (Å²) in [6.45, 7) is 0. The molecule has 0 spiro atoms. The van der Waals surface area contributed by atoms with Gasteiger partial charge in [0, 0.05) is 21.2 Å². The van der Waals surface area contributed by atoms with Crippen molar-refractivity contribution in [2.24, 2.45) is 5.73 Å². The highest BCUT2D eigenvalue weighted by Gasteiger charge is 2.07. The molecule has 5 heteroatoms. The van der Waals surface area contributed by atoms with Gasteiger partial charge in [0.05, 0.1) is 0 Å². The molecule has 0 saturated carbocycles. The molecule has 2 rings (SSSR count). The highest BCUT2D eigenvalue weighted by molar-refractivity contribution is 9.10. The summed E-state index contributed by atoms with van der Waals surface area (Å²) in [4.78, 5) is 0.848. The predicted molar refractivity (Wildman–Crippen MR) is 82.9 cm³/mol. The summed E-state index contributed by atoms with van der Waals surface area (Å²) in [7, 11) is 0. The lowest BCUT2D eigenvalue weighted by atomic mass is 10.1. The Hall–Kier alpha value is -0.910. The van der Waals surface area contributed by atoms with Crippen LogP contribution in [0.4, 0.5) is 8.78 Å². The van der Waals surface area contributed by atoms with Gasteiger partial charge < -0.3 is 5.73 Å². The van der Waals surface area contributed by atoms with Gasteiger partial charge in [-0.15, -0.1) is 11.8 Å². The second-order valence-electron chi connectivity index (χ2n) is 4.51. The number of hydrogen-bond donors (Lipinski definition) is 1. The lowest BCUT2D eigenvalue weighted by Gasteiger charge is -2.12. The van der Waals surface area contributed by atoms with Gasteiger partial charge in [-0.05, 0) is 48.4 Å². The molecule has 0 amide bonds. The molecule has 0 aliphatic heterocycles. The Bertz CT molecular complexity index is 572. The minimum atomic E-state index is -0.278. The second kappa shape index (κ2) is 7.20. The van der Waals surface area contributed by atoms with Crippen LogP contribution in [-0.4, -0.2) is 11.8 Å². The van der Waals surface area contributed by atoms with Crippen molar-refractivity contribution < 1.29 is 8.78 Å². The molecule has 0 bridgehead atoms. The van der Waals surface area contributed by atoms with Crippen molar-refractivity contribution in [2.75, 3.05) is 5.75 Å². The van der Waals surface area contributed by atoms with Crippen LogP contribution in [0.15, 0.2) is 51.8 Å². The van der Waals surface area contributed by atoms with E-state index >= 15 is 0 Å². The smallest absolute Gasteiger partial charge is 0.124 e. The normalized spacial score (nSPS) is 12.4. The number of hydrogen-bond acceptors (Lipinski definition) is 2. The van der Waals surface area contributed by atoms with Gasteiger partial charge in [0.2, 0.25) is 0 Å². The van der Waals surface area contributed by atoms with E-state index in [1.165, 1.54) is 36.0 Å². The SMILES string of the molecule is NC(CSc1cccc(F)c1)Cc1cc(F)cc(Br)c1. The summed E-state index contributed by atoms with van der Waals surface area (Å²) in [6.07, 6.45) is 0.582. The monoisotopic (exact) mass is 357 g/mol. The van der Waals surface area contributed by atoms with Crippen LogP contribution in [0.2, 0.25) is 0 Å². The number of halogens is 3. The fourth-order valence-electron chi connectivity index (χ4n) is 1.85. The van der Waals surface area contributed by atoms with Crippen LogP contribution in [0, 0.1) is 11.6 Å². The predicted octanol–water partition coefficient (Wildman–Crippen LogP) is 4.39. The Morgan fingerprint density at radius 1 is 1.10 bits per heavy atom. The van der Waals surface area contributed by atoms with Gasteiger partial charge in [-0.25, -0.2) is 8.78 Å². The highest BCUT2D eigenvalue weighted by atomic mass is 79.9. The van der Waals surface area contributed by atoms with Gasteiger partial charge in [0.1, 0.15) is 11.6 Å². The molecule has 1 atom stereocenters. The summed E-state index contributed by atoms with van der Waals surface area (Å²) >= 11 is 4.76. The van der Waals surface area contributed by atoms with Gasteiger partial charge in [-0.1, -0.05) is 22.0 Å². The quantitative estimate of drug-likeness (QED) is 0.803. The Morgan fingerprint density at radius 3 is 2.60 bits per heavy atom. The lowest BCUT2D eigenvalue weighted by Crippen LogP contribution is -2.25. The third-order valence-electron chi connectivity index (χ3n) is 2.68. The number of rotatable bonds is 5. The number of nitrogens with two attached hydrogens (primary N) is 1. The summed E-state index contributed by atoms with van der Waals surface area (Å²) in [6, 6.07) is 11.1. The Balaban J connectivity index is 1.90. The van der Waals surface area contributed by atoms with E-state index in [2.05, 4.69) is 15.9 Å². The van der Waals surface area contributed by atoms with Crippen molar-refractivity contribution in [3.8, 4) is 0 Å². The number of thioether (sulfide) groups is 1. The Labute approximate surface area is 129 Å². The fraction of sp³-hybridized carbons (Fsp3) is 0.200. The molecule has 106 valence electrons. The van der Waals surface area contributed by atoms with E-state index in [0.717, 1.165) is 10.5 Å². The average Bonchev–Trinajstić information content (AvgIpc) is 2.35. The molecule has 2 aromatic rings. The van der Waals surface area contributed by atoms with Gasteiger partial charge in [-0.3, -0.25) is 0 Å². The molecule has 0 radical (unpaired) electrons. The van der Waals surface area contributed by atoms with Crippen molar-refractivity contribution in [3.63, 3.8) is 0 Å². The zero-order chi connectivity index (χ0) is 14.5. The van der Waals surface area contributed by atoms with E-state index in [9.17, 15) is 8.78 Å². The minimum absolute atomic E-state index is 0.114. The number of benzene rings is 2. The van der Waals surface area contributed by atoms with E-state index in [4.69, 9.17) is 5.73 Å². The molecule has 0 fully saturated rings. The first-order chi connectivity index (χ1) is 9.52. The van der Waals surface area contributed by atoms with Crippen LogP contribution in [0.1, 0.15) is 5.56 Å². The third-order valence-corrected chi connectivity index (χ3v) is 4.32. The van der Waals surface area contributed by atoms with Crippen LogP contribution in [0.25, 0.3) is 0 Å². The maximum Gasteiger partial charge on any atom is 0.124 e. The molecular weight excluding hydrogens is 344 g/mol. The molecule has 0 aliphatic rings. The van der Waals surface area contributed by atoms with Gasteiger partial charge in [-0.2, -0.15) is 0 Å². The highest BCUT2D eigenvalue weighted by Crippen LogP contribution is 2.21. The summed E-state index contributed by atoms with van der Waals surface area (Å²) in [5.74, 6) is 0.120. The maximum absolute atomic E-state index is 13.3. The molecular formula is C15H14BrF2NS. The lowest BCUT2D eigenvalue weighted by molar-refractivity contribution is 0.621. The van der Waals surface area contributed by atoms with Crippen LogP contribution in [0.5, 0.6) is 0 Å². The fourth-order valence-corrected chi connectivity index (χ4v) is 3.26. The van der Waals surface area contributed by atoms with Crippen LogP contribution < -0.4 is 5.73 Å². The molecule has 2 aromatic carbocycles. The first-order valence-corrected chi connectivity index (χ1v) is 7.90. The van der Waals surface area contributed by atoms with Gasteiger partial charge in [0.15, 0.2) is 0 Å². The van der Waals surface area contributed by atoms with Crippen molar-refractivity contribution in [1.82, 2.24) is 0 Å². The molecule has 0 heterocycles. The van der Waals surface area contributed by atoms with Gasteiger partial charge >= 0.3 is 0 Å². The minimum Gasteiger partial charge on any atom is -0.327 e. The zero-order valence-electron chi connectivity index (χ0n) is 10.7. The first-order valence-electron chi connectivity index (χ1n) is 6.12. The first kappa shape index (κ1) is 15.5. The van der Waals surface area contributed by atoms with Gasteiger partial charge in [0.25, 0.3) is 0 Å². The van der Waals surface area contributed by atoms with Crippen molar-refractivity contribution in [1.29, 1.82) is 0 Å². The molecule has 2 N–H and O–H groups in total. The maximum atomic E-state index is 13.3. The summed E-state index contributed by atoms with van der Waals surface area (Å²) in [5.41, 5.74) is 6.89. The topological polar surface area (TPSA) is 26.0 Å². The van der Waals surface area contributed by atoms with Crippen molar-refractivity contribution in [3.05, 3.63) is 64.1 Å². The zero-order valence-corrected chi connectivity index (χ0v) is 13.1. The van der Waals surface area contributed by atoms with Crippen molar-refractivity contribution in [2.45, 2.75) is 17.4 Å². The standard InChI is InChI=1S/C15H14BrF2NS/c16-11-4-10(5-13(18)7-11)6-14(19)9-20-15-3-1-2-12(17)8-15/h1-5,7-8,14H,6,9,19H2. The van der Waals surface area contributed by atoms with E-state index in [1.807, 2.05) is 12.1 Å². The van der Waals surface area contributed by atoms with E-state index in [1.54, 1.807) is 6.07 Å². The molecule has 1 nitrogen and oxygen atoms in total. The Morgan fingerprint density at radius 2 is 1.90 bits per heavy atom. The summed E-state index contributed by atoms with van der Waals surface area (Å²) in [5, 5.41) is 0. The van der Waals surface area contributed by atoms with Crippen LogP contribution >= 0.6 is 27.7 Å². The molecule has 1 unspecified atom stereocenters. The van der Waals surface area contributed by atoms with E-state index in [-0.39, 0.29) is 17.7 Å². The third kappa shape index (κ3) is 4.89. The average molecular weight is 358 g/mol. The molecule has 0 aromatic heterocycles. The second-order valence-corrected chi connectivity index (χ2v) is 6.52. The molecule has 20 heavy (non-hydrogen) atoms. The van der Waals surface area contributed by atoms with Crippen LogP contribution in [0.3, 0.4) is 0 Å². The van der Waals surface area contributed by atoms with E-state index in [0.29, 0.717) is 16.6 Å². The van der Waals surface area contributed by atoms with Crippen LogP contribution in [-0.2, 0) is 6.42 Å². The van der Waals surface area contributed by atoms with E-state index < -0.39 is 0 Å². The largest absolute Gasteiger partial charge is 0.327 e. The molecule has 0 aliphatic carbocycles. The summed E-state index contributed by atoms with van der Waals surface area (Å²) < 4.78 is 27.0. The Kier molecular flexibility index (Phi) is 5.57.